The molecule has 2 aliphatic carbocycles. The number of carbonyl (C=O) groups excluding carboxylic acids is 2. The van der Waals surface area contributed by atoms with Gasteiger partial charge in [0.05, 0.1) is 47.6 Å². The fraction of sp³-hybridized carbons (Fsp3) is 0.357. The minimum absolute atomic E-state index is 0.0646. The van der Waals surface area contributed by atoms with E-state index < -0.39 is 133 Å². The van der Waals surface area contributed by atoms with Gasteiger partial charge in [-0.15, -0.1) is 0 Å². The van der Waals surface area contributed by atoms with Crippen LogP contribution in [0.3, 0.4) is 0 Å². The third kappa shape index (κ3) is 6.80. The van der Waals surface area contributed by atoms with E-state index in [2.05, 4.69) is 0 Å². The normalized spacial score (nSPS) is 30.4. The fourth-order valence-corrected chi connectivity index (χ4v) is 8.74. The molecule has 0 bridgehead atoms. The molecule has 0 aromatic heterocycles. The summed E-state index contributed by atoms with van der Waals surface area (Å²) >= 11 is 0. The first-order chi connectivity index (χ1) is 29.1. The van der Waals surface area contributed by atoms with Gasteiger partial charge in [-0.05, 0) is 58.1 Å². The van der Waals surface area contributed by atoms with E-state index in [1.54, 1.807) is 0 Å². The summed E-state index contributed by atoms with van der Waals surface area (Å²) in [5, 5.41) is 126. The van der Waals surface area contributed by atoms with E-state index >= 15 is 0 Å². The maximum Gasteiger partial charge on any atom is 0.335 e. The molecule has 0 amide bonds. The molecule has 8 rings (SSSR count). The molecule has 12 N–H and O–H groups in total. The molecule has 2 heterocycles. The van der Waals surface area contributed by atoms with E-state index in [4.69, 9.17) is 18.9 Å². The molecule has 0 radical (unpaired) electrons. The summed E-state index contributed by atoms with van der Waals surface area (Å²) in [6.45, 7) is -2.21. The first kappa shape index (κ1) is 42.2. The van der Waals surface area contributed by atoms with Crippen molar-refractivity contribution >= 4 is 17.5 Å². The van der Waals surface area contributed by atoms with Crippen molar-refractivity contribution in [1.29, 1.82) is 0 Å². The summed E-state index contributed by atoms with van der Waals surface area (Å²) in [6.07, 6.45) is -17.4. The monoisotopic (exact) mass is 848 g/mol. The summed E-state index contributed by atoms with van der Waals surface area (Å²) in [6, 6.07) is 13.1. The smallest absolute Gasteiger partial charge is 0.335 e. The Morgan fingerprint density at radius 3 is 1.43 bits per heavy atom. The molecule has 4 aliphatic rings. The lowest BCUT2D eigenvalue weighted by molar-refractivity contribution is -0.277. The number of ketones is 2. The molecule has 12 atom stereocenters. The highest BCUT2D eigenvalue weighted by Gasteiger charge is 2.50. The number of aromatic carboxylic acids is 1. The predicted octanol–water partition coefficient (Wildman–Crippen LogP) is -1.30. The van der Waals surface area contributed by atoms with Gasteiger partial charge < -0.3 is 80.2 Å². The minimum Gasteiger partial charge on any atom is -0.507 e. The average Bonchev–Trinajstić information content (AvgIpc) is 3.24. The van der Waals surface area contributed by atoms with Gasteiger partial charge in [-0.1, -0.05) is 30.3 Å². The van der Waals surface area contributed by atoms with Gasteiger partial charge in [0.2, 0.25) is 24.1 Å². The third-order valence-corrected chi connectivity index (χ3v) is 11.7. The molecule has 0 saturated carbocycles. The Morgan fingerprint density at radius 2 is 1.00 bits per heavy atom. The minimum atomic E-state index is -1.91. The largest absolute Gasteiger partial charge is 0.507 e. The average molecular weight is 849 g/mol. The number of hydrogen-bond acceptors (Lipinski definition) is 18. The number of hydrogen-bond donors (Lipinski definition) is 12. The number of fused-ring (bicyclic) bond motifs is 4. The van der Waals surface area contributed by atoms with Crippen molar-refractivity contribution in [3.8, 4) is 23.0 Å². The molecule has 0 spiro atoms. The van der Waals surface area contributed by atoms with Crippen molar-refractivity contribution in [2.45, 2.75) is 79.9 Å². The van der Waals surface area contributed by atoms with Gasteiger partial charge in [0.15, 0.2) is 0 Å². The van der Waals surface area contributed by atoms with Crippen molar-refractivity contribution < 1.29 is 94.6 Å². The molecule has 61 heavy (non-hydrogen) atoms. The number of phenols is 2. The van der Waals surface area contributed by atoms with Crippen molar-refractivity contribution in [3.05, 3.63) is 116 Å². The lowest BCUT2D eigenvalue weighted by Crippen LogP contribution is -2.60. The van der Waals surface area contributed by atoms with Gasteiger partial charge in [-0.3, -0.25) is 9.59 Å². The molecule has 4 aromatic rings. The van der Waals surface area contributed by atoms with Gasteiger partial charge in [0, 0.05) is 11.8 Å². The molecule has 2 unspecified atom stereocenters. The van der Waals surface area contributed by atoms with Crippen molar-refractivity contribution in [2.24, 2.45) is 0 Å². The number of phenolic OH excluding ortho intramolecular Hbond substituents is 2. The predicted molar refractivity (Wildman–Crippen MR) is 201 cm³/mol. The number of ether oxygens (including phenoxy) is 4. The van der Waals surface area contributed by atoms with Crippen LogP contribution >= 0.6 is 0 Å². The Hall–Kier alpha value is -5.55. The lowest BCUT2D eigenvalue weighted by Gasteiger charge is -2.41. The molecular weight excluding hydrogens is 808 g/mol. The highest BCUT2D eigenvalue weighted by molar-refractivity contribution is 6.18. The van der Waals surface area contributed by atoms with Crippen molar-refractivity contribution in [3.63, 3.8) is 0 Å². The highest BCUT2D eigenvalue weighted by Crippen LogP contribution is 2.56. The summed E-state index contributed by atoms with van der Waals surface area (Å²) in [7, 11) is 0. The molecule has 322 valence electrons. The molecule has 2 saturated heterocycles. The number of aliphatic hydroxyl groups is 9. The van der Waals surface area contributed by atoms with Gasteiger partial charge in [0.25, 0.3) is 0 Å². The molecule has 2 fully saturated rings. The SMILES string of the molecule is O=C(O)c1cc(O)c2c(c1)C(C1c3cc(CO)cc(O)c3C(=O)c3c(O[C@@H]4O[C@H](CO)[C@@H](O)[C@H](O)[C@H]4O)cccc31)c1cccc(O[C@@H]3O[C@H](CO)[C@@H](O)[C@H](O)[C@H]3O)c1C2=O. The standard InChI is InChI=1S/C42H40O19/c43-11-14-7-18-26(16-3-1-5-22(30(16)34(50)28(18)20(46)8-14)58-41-38(54)36(52)32(48)24(12-44)60-41)27-17-4-2-6-23(59-42-39(55)37(53)33(49)25(13-45)61-42)31(17)35(51)29-19(27)9-15(40(56)57)10-21(29)47/h1-10,24-27,32-33,36-39,41-49,52-55H,11-13H2,(H,56,57)/t24-,25-,26?,27?,32-,33-,36+,37+,38-,39-,41-,42-/m1/s1. The Bertz CT molecular complexity index is 2410. The molecular formula is C42H40O19. The van der Waals surface area contributed by atoms with Gasteiger partial charge in [-0.2, -0.15) is 0 Å². The number of aromatic hydroxyl groups is 2. The van der Waals surface area contributed by atoms with Crippen LogP contribution in [0.15, 0.2) is 60.7 Å². The summed E-state index contributed by atoms with van der Waals surface area (Å²) in [5.41, 5.74) is -1.30. The zero-order valence-corrected chi connectivity index (χ0v) is 31.5. The van der Waals surface area contributed by atoms with Gasteiger partial charge >= 0.3 is 5.97 Å². The van der Waals surface area contributed by atoms with Crippen molar-refractivity contribution in [1.82, 2.24) is 0 Å². The van der Waals surface area contributed by atoms with Crippen LogP contribution in [0.25, 0.3) is 0 Å². The first-order valence-corrected chi connectivity index (χ1v) is 19.0. The second-order valence-corrected chi connectivity index (χ2v) is 15.2. The number of carboxylic acid groups (broad SMARTS) is 1. The van der Waals surface area contributed by atoms with Gasteiger partial charge in [-0.25, -0.2) is 4.79 Å². The Balaban J connectivity index is 1.37. The Kier molecular flexibility index (Phi) is 11.1. The third-order valence-electron chi connectivity index (χ3n) is 11.7. The molecule has 19 nitrogen and oxygen atoms in total. The summed E-state index contributed by atoms with van der Waals surface area (Å²) in [5.74, 6) is -7.67. The maximum atomic E-state index is 14.7. The van der Waals surface area contributed by atoms with Crippen LogP contribution in [-0.2, 0) is 16.1 Å². The van der Waals surface area contributed by atoms with E-state index in [-0.39, 0.29) is 56.0 Å². The number of carboxylic acids is 1. The van der Waals surface area contributed by atoms with E-state index in [1.165, 1.54) is 42.5 Å². The van der Waals surface area contributed by atoms with E-state index in [0.29, 0.717) is 0 Å². The molecule has 2 aliphatic heterocycles. The van der Waals surface area contributed by atoms with E-state index in [0.717, 1.165) is 18.2 Å². The summed E-state index contributed by atoms with van der Waals surface area (Å²) in [4.78, 5) is 41.8. The topological polar surface area (TPSA) is 331 Å². The Labute approximate surface area is 344 Å². The number of carbonyl (C=O) groups is 3. The number of aliphatic hydroxyl groups excluding tert-OH is 9. The first-order valence-electron chi connectivity index (χ1n) is 19.0. The van der Waals surface area contributed by atoms with Crippen LogP contribution in [0.5, 0.6) is 23.0 Å². The quantitative estimate of drug-likeness (QED) is 0.0931. The van der Waals surface area contributed by atoms with Crippen LogP contribution in [0.4, 0.5) is 0 Å². The van der Waals surface area contributed by atoms with Crippen LogP contribution in [0, 0.1) is 0 Å². The highest BCUT2D eigenvalue weighted by atomic mass is 16.7. The zero-order chi connectivity index (χ0) is 43.8. The molecule has 4 aromatic carbocycles. The number of rotatable bonds is 9. The lowest BCUT2D eigenvalue weighted by atomic mass is 9.63. The van der Waals surface area contributed by atoms with Crippen LogP contribution in [-0.4, -0.2) is 153 Å². The Morgan fingerprint density at radius 1 is 0.557 bits per heavy atom. The maximum absolute atomic E-state index is 14.7. The van der Waals surface area contributed by atoms with E-state index in [1.807, 2.05) is 0 Å². The van der Waals surface area contributed by atoms with E-state index in [9.17, 15) is 75.7 Å². The van der Waals surface area contributed by atoms with Crippen LogP contribution in [0.1, 0.15) is 81.9 Å². The number of benzene rings is 4. The molecule has 19 heteroatoms. The van der Waals surface area contributed by atoms with Crippen molar-refractivity contribution in [2.75, 3.05) is 13.2 Å². The van der Waals surface area contributed by atoms with Crippen LogP contribution < -0.4 is 9.47 Å². The van der Waals surface area contributed by atoms with Crippen LogP contribution in [0.2, 0.25) is 0 Å². The summed E-state index contributed by atoms with van der Waals surface area (Å²) < 4.78 is 23.1. The second-order valence-electron chi connectivity index (χ2n) is 15.2. The van der Waals surface area contributed by atoms with Gasteiger partial charge in [0.1, 0.15) is 71.8 Å². The fourth-order valence-electron chi connectivity index (χ4n) is 8.74. The zero-order valence-electron chi connectivity index (χ0n) is 31.5. The second kappa shape index (κ2) is 16.0.